The van der Waals surface area contributed by atoms with E-state index in [-0.39, 0.29) is 41.5 Å². The fraction of sp³-hybridized carbons (Fsp3) is 0.455. The van der Waals surface area contributed by atoms with Crippen LogP contribution in [0, 0.1) is 0 Å². The van der Waals surface area contributed by atoms with Gasteiger partial charge in [0.25, 0.3) is 0 Å². The summed E-state index contributed by atoms with van der Waals surface area (Å²) in [5.41, 5.74) is 35.5. The van der Waals surface area contributed by atoms with E-state index in [4.69, 9.17) is 39.5 Å². The van der Waals surface area contributed by atoms with Gasteiger partial charge in [0.1, 0.15) is 0 Å². The molecule has 0 fully saturated rings. The Kier molecular flexibility index (Phi) is 31.9. The number of guanidine groups is 3. The predicted molar refractivity (Wildman–Crippen MR) is 328 cm³/mol. The number of nitrogens with one attached hydrogen (secondary N) is 4. The molecule has 0 radical (unpaired) electrons. The summed E-state index contributed by atoms with van der Waals surface area (Å²) in [6.07, 6.45) is 8.61. The third-order valence-electron chi connectivity index (χ3n) is 11.7. The lowest BCUT2D eigenvalue weighted by atomic mass is 10.1. The summed E-state index contributed by atoms with van der Waals surface area (Å²) in [6, 6.07) is 21.1. The largest absolute Gasteiger partial charge is 0.481 e. The summed E-state index contributed by atoms with van der Waals surface area (Å²) in [4.78, 5) is 96.8. The molecule has 6 aromatic rings. The first-order valence-electron chi connectivity index (χ1n) is 26.9. The smallest absolute Gasteiger partial charge is 0.303 e. The Morgan fingerprint density at radius 2 is 0.951 bits per heavy atom. The molecule has 0 spiro atoms. The van der Waals surface area contributed by atoms with E-state index >= 15 is 0 Å². The number of rotatable bonds is 29. The van der Waals surface area contributed by atoms with Gasteiger partial charge in [0.15, 0.2) is 32.9 Å². The summed E-state index contributed by atoms with van der Waals surface area (Å²) >= 11 is 4.07. The van der Waals surface area contributed by atoms with Crippen LogP contribution < -0.4 is 55.7 Å². The topological polar surface area (TPSA) is 403 Å². The highest BCUT2D eigenvalue weighted by atomic mass is 32.1. The lowest BCUT2D eigenvalue weighted by molar-refractivity contribution is -0.137. The fourth-order valence-corrected chi connectivity index (χ4v) is 10.1. The molecule has 0 bridgehead atoms. The number of hydrogen-bond donors (Lipinski definition) is 11. The maximum absolute atomic E-state index is 13.0. The minimum Gasteiger partial charge on any atom is -0.481 e. The monoisotopic (exact) mass is 1170 g/mol. The molecule has 2 amide bonds. The van der Waals surface area contributed by atoms with Crippen molar-refractivity contribution in [1.82, 2.24) is 36.2 Å². The van der Waals surface area contributed by atoms with Crippen LogP contribution in [0.1, 0.15) is 133 Å². The quantitative estimate of drug-likeness (QED) is 0.0118. The third-order valence-corrected chi connectivity index (χ3v) is 14.8. The maximum Gasteiger partial charge on any atom is 0.303 e. The van der Waals surface area contributed by atoms with Crippen molar-refractivity contribution in [1.29, 1.82) is 0 Å². The molecule has 440 valence electrons. The van der Waals surface area contributed by atoms with Gasteiger partial charge in [0, 0.05) is 53.0 Å². The molecule has 0 saturated heterocycles. The zero-order chi connectivity index (χ0) is 59.5. The van der Waals surface area contributed by atoms with E-state index in [1.54, 1.807) is 14.1 Å². The van der Waals surface area contributed by atoms with Gasteiger partial charge in [0.05, 0.1) is 48.8 Å². The SMILES string of the molecule is CCCCC(=O)N[C@@H](CCCNC(N)=NC)C(=O)c1nc2ccccc2s1.CCCCC(=O)O.CN=C(N)NCCC[C@H](N)C(=O)c1nc2ccccc2s1.NCCCC(=O)N[C@@H](CCCN=C(N)N)C(=O)c1nc2ccccc2s1. The average Bonchev–Trinajstić information content (AvgIpc) is 4.25. The molecular formula is C55H80N16O7S3. The normalized spacial score (nSPS) is 12.3. The molecule has 26 heteroatoms. The van der Waals surface area contributed by atoms with Gasteiger partial charge in [-0.3, -0.25) is 43.7 Å². The van der Waals surface area contributed by atoms with E-state index in [0.717, 1.165) is 62.8 Å². The molecule has 81 heavy (non-hydrogen) atoms. The van der Waals surface area contributed by atoms with Crippen molar-refractivity contribution in [3.63, 3.8) is 0 Å². The van der Waals surface area contributed by atoms with Gasteiger partial charge in [-0.2, -0.15) is 0 Å². The summed E-state index contributed by atoms with van der Waals surface area (Å²) in [6.45, 7) is 6.05. The van der Waals surface area contributed by atoms with Crippen LogP contribution in [0.5, 0.6) is 0 Å². The molecule has 23 nitrogen and oxygen atoms in total. The van der Waals surface area contributed by atoms with Gasteiger partial charge in [-0.25, -0.2) is 15.0 Å². The van der Waals surface area contributed by atoms with Crippen molar-refractivity contribution in [3.8, 4) is 0 Å². The number of unbranched alkanes of at least 4 members (excludes halogenated alkanes) is 2. The molecule has 0 unspecified atom stereocenters. The van der Waals surface area contributed by atoms with E-state index in [1.165, 1.54) is 34.0 Å². The second-order valence-corrected chi connectivity index (χ2v) is 21.3. The van der Waals surface area contributed by atoms with Crippen molar-refractivity contribution in [2.45, 2.75) is 122 Å². The summed E-state index contributed by atoms with van der Waals surface area (Å²) in [5, 5.41) is 20.9. The Morgan fingerprint density at radius 3 is 1.33 bits per heavy atom. The molecule has 3 aromatic carbocycles. The third kappa shape index (κ3) is 25.6. The molecule has 3 heterocycles. The molecular weight excluding hydrogens is 1090 g/mol. The van der Waals surface area contributed by atoms with Crippen molar-refractivity contribution < 1.29 is 33.9 Å². The van der Waals surface area contributed by atoms with Crippen LogP contribution in [0.2, 0.25) is 0 Å². The predicted octanol–water partition coefficient (Wildman–Crippen LogP) is 5.61. The number of para-hydroxylation sites is 3. The summed E-state index contributed by atoms with van der Waals surface area (Å²) in [5.74, 6) is -0.677. The molecule has 0 aliphatic rings. The lowest BCUT2D eigenvalue weighted by Gasteiger charge is -2.17. The van der Waals surface area contributed by atoms with E-state index in [1.807, 2.05) is 86.6 Å². The van der Waals surface area contributed by atoms with Gasteiger partial charge in [-0.05, 0) is 101 Å². The van der Waals surface area contributed by atoms with Crippen molar-refractivity contribution in [2.75, 3.05) is 40.3 Å². The Morgan fingerprint density at radius 1 is 0.556 bits per heavy atom. The molecule has 17 N–H and O–H groups in total. The van der Waals surface area contributed by atoms with Crippen LogP contribution >= 0.6 is 34.0 Å². The minimum atomic E-state index is -0.693. The number of hydrogen-bond acceptors (Lipinski definition) is 17. The van der Waals surface area contributed by atoms with Crippen molar-refractivity contribution in [2.24, 2.45) is 49.4 Å². The number of aromatic nitrogens is 3. The van der Waals surface area contributed by atoms with Crippen molar-refractivity contribution >= 4 is 118 Å². The Bertz CT molecular complexity index is 2910. The van der Waals surface area contributed by atoms with Gasteiger partial charge >= 0.3 is 5.97 Å². The number of carbonyl (C=O) groups excluding carboxylic acids is 5. The second kappa shape index (κ2) is 38.2. The molecule has 6 rings (SSSR count). The highest BCUT2D eigenvalue weighted by molar-refractivity contribution is 7.21. The van der Waals surface area contributed by atoms with E-state index in [9.17, 15) is 28.8 Å². The molecule has 0 aliphatic carbocycles. The fourth-order valence-electron chi connectivity index (χ4n) is 7.24. The molecule has 0 aliphatic heterocycles. The number of benzene rings is 3. The summed E-state index contributed by atoms with van der Waals surface area (Å²) in [7, 11) is 3.22. The number of thiazole rings is 3. The van der Waals surface area contributed by atoms with Gasteiger partial charge < -0.3 is 60.8 Å². The van der Waals surface area contributed by atoms with E-state index < -0.39 is 24.1 Å². The van der Waals surface area contributed by atoms with Crippen LogP contribution in [0.4, 0.5) is 0 Å². The zero-order valence-corrected chi connectivity index (χ0v) is 49.1. The summed E-state index contributed by atoms with van der Waals surface area (Å²) < 4.78 is 2.90. The molecule has 3 atom stereocenters. The van der Waals surface area contributed by atoms with E-state index in [0.29, 0.717) is 104 Å². The standard InChI is InChI=1S/C19H27N5O2S.C17H24N6O2S.C14H19N5OS.C5H10O2/c1-3-4-11-16(25)23-14(9-7-12-22-19(20)21-2)17(26)18-24-13-8-5-6-10-15(13)27-18;18-9-3-8-14(24)22-12(6-4-10-21-17(19)20)15(25)16-23-11-5-1-2-7-13(11)26-16;1-17-14(16)18-8-4-5-9(15)12(20)13-19-10-6-2-3-7-11(10)21-13;1-2-3-4-5(6)7/h5-6,8,10,14H,3-4,7,9,11-12H2,1-2H3,(H,23,25)(H3,20,21,22);1-2,5,7,12H,3-4,6,8-10,18H2,(H,22,24)(H4,19,20,21);2-3,6-7,9H,4-5,8,15H2,1H3,(H3,16,17,18);2-4H2,1H3,(H,6,7)/t14-;12-;9-;/m000./s1. The zero-order valence-electron chi connectivity index (χ0n) is 46.7. The number of Topliss-reactive ketones (excluding diaryl/α,β-unsaturated/α-hetero) is 3. The van der Waals surface area contributed by atoms with Crippen LogP contribution in [0.15, 0.2) is 87.8 Å². The highest BCUT2D eigenvalue weighted by Crippen LogP contribution is 2.26. The molecule has 3 aromatic heterocycles. The first-order chi connectivity index (χ1) is 38.9. The van der Waals surface area contributed by atoms with Crippen molar-refractivity contribution in [3.05, 3.63) is 87.8 Å². The average molecular weight is 1170 g/mol. The number of aliphatic carboxylic acids is 1. The number of fused-ring (bicyclic) bond motifs is 3. The van der Waals surface area contributed by atoms with Crippen LogP contribution in [-0.2, 0) is 14.4 Å². The Balaban J connectivity index is 0.000000302. The highest BCUT2D eigenvalue weighted by Gasteiger charge is 2.26. The number of aliphatic imine (C=N–C) groups is 3. The Hall–Kier alpha value is -7.52. The van der Waals surface area contributed by atoms with Gasteiger partial charge in [-0.1, -0.05) is 63.1 Å². The minimum absolute atomic E-state index is 0.00558. The van der Waals surface area contributed by atoms with Crippen LogP contribution in [0.25, 0.3) is 30.6 Å². The number of nitrogens with two attached hydrogens (primary N) is 6. The first-order valence-corrected chi connectivity index (χ1v) is 29.3. The number of carbonyl (C=O) groups is 6. The van der Waals surface area contributed by atoms with Gasteiger partial charge in [0.2, 0.25) is 29.2 Å². The van der Waals surface area contributed by atoms with Crippen LogP contribution in [0.3, 0.4) is 0 Å². The number of amides is 2. The number of carboxylic acids is 1. The Labute approximate surface area is 484 Å². The number of nitrogens with zero attached hydrogens (tertiary/aromatic N) is 6. The second-order valence-electron chi connectivity index (χ2n) is 18.2. The van der Waals surface area contributed by atoms with Gasteiger partial charge in [-0.15, -0.1) is 34.0 Å². The lowest BCUT2D eigenvalue weighted by Crippen LogP contribution is -2.41. The number of ketones is 3. The number of carboxylic acid groups (broad SMARTS) is 1. The molecule has 0 saturated carbocycles. The maximum atomic E-state index is 13.0. The van der Waals surface area contributed by atoms with E-state index in [2.05, 4.69) is 51.2 Å². The van der Waals surface area contributed by atoms with Crippen LogP contribution in [-0.4, -0.2) is 131 Å². The first kappa shape index (κ1) is 67.8.